The zero-order valence-corrected chi connectivity index (χ0v) is 12.1. The number of thioether (sulfide) groups is 1. The molecule has 0 fully saturated rings. The number of hydrogen-bond acceptors (Lipinski definition) is 4. The molecule has 0 saturated heterocycles. The molecule has 1 aromatic heterocycles. The molecule has 2 rings (SSSR count). The number of benzene rings is 1. The van der Waals surface area contributed by atoms with E-state index >= 15 is 0 Å². The summed E-state index contributed by atoms with van der Waals surface area (Å²) >= 11 is 1.49. The number of methoxy groups -OCH3 is 1. The Balaban J connectivity index is 2.68. The van der Waals surface area contributed by atoms with Gasteiger partial charge in [0, 0.05) is 5.56 Å². The minimum absolute atomic E-state index is 0.316. The molecule has 0 saturated carbocycles. The van der Waals surface area contributed by atoms with Crippen LogP contribution >= 0.6 is 11.8 Å². The molecule has 0 spiro atoms. The Hall–Kier alpha value is -2.01. The van der Waals surface area contributed by atoms with Gasteiger partial charge in [-0.3, -0.25) is 4.79 Å². The van der Waals surface area contributed by atoms with Crippen molar-refractivity contribution in [1.82, 2.24) is 4.98 Å². The topological polar surface area (TPSA) is 59.2 Å². The number of carbonyl (C=O) groups excluding carboxylic acids is 2. The number of ether oxygens (including phenoxy) is 1. The van der Waals surface area contributed by atoms with Gasteiger partial charge in [-0.1, -0.05) is 37.3 Å². The van der Waals surface area contributed by atoms with Crippen molar-refractivity contribution in [2.45, 2.75) is 11.9 Å². The van der Waals surface area contributed by atoms with Gasteiger partial charge in [-0.05, 0) is 11.3 Å². The summed E-state index contributed by atoms with van der Waals surface area (Å²) in [5.41, 5.74) is 2.23. The molecule has 0 atom stereocenters. The smallest absolute Gasteiger partial charge is 0.355 e. The summed E-state index contributed by atoms with van der Waals surface area (Å²) in [5, 5.41) is 0.696. The van der Waals surface area contributed by atoms with E-state index in [4.69, 9.17) is 4.74 Å². The van der Waals surface area contributed by atoms with E-state index in [0.29, 0.717) is 21.8 Å². The second kappa shape index (κ2) is 6.43. The van der Waals surface area contributed by atoms with Crippen molar-refractivity contribution < 1.29 is 14.3 Å². The SMILES string of the molecule is CCSc1[nH]c(C(=O)OC)c(-c2ccccc2)c1C=O. The number of aromatic amines is 1. The maximum Gasteiger partial charge on any atom is 0.355 e. The van der Waals surface area contributed by atoms with Crippen LogP contribution in [0.15, 0.2) is 35.4 Å². The van der Waals surface area contributed by atoms with Crippen LogP contribution in [0.25, 0.3) is 11.1 Å². The van der Waals surface area contributed by atoms with Crippen molar-refractivity contribution in [2.24, 2.45) is 0 Å². The number of esters is 1. The van der Waals surface area contributed by atoms with Gasteiger partial charge in [-0.15, -0.1) is 11.8 Å². The first kappa shape index (κ1) is 14.4. The molecule has 5 heteroatoms. The molecule has 0 aliphatic carbocycles. The van der Waals surface area contributed by atoms with E-state index in [1.165, 1.54) is 18.9 Å². The van der Waals surface area contributed by atoms with Crippen LogP contribution in [0.2, 0.25) is 0 Å². The molecule has 104 valence electrons. The van der Waals surface area contributed by atoms with Gasteiger partial charge >= 0.3 is 5.97 Å². The van der Waals surface area contributed by atoms with Crippen molar-refractivity contribution in [1.29, 1.82) is 0 Å². The Bertz CT molecular complexity index is 620. The molecule has 0 radical (unpaired) electrons. The first-order valence-electron chi connectivity index (χ1n) is 6.20. The lowest BCUT2D eigenvalue weighted by molar-refractivity contribution is 0.0595. The second-order valence-electron chi connectivity index (χ2n) is 4.03. The normalized spacial score (nSPS) is 10.3. The highest BCUT2D eigenvalue weighted by Gasteiger charge is 2.23. The molecular weight excluding hydrogens is 274 g/mol. The van der Waals surface area contributed by atoms with E-state index in [2.05, 4.69) is 4.98 Å². The van der Waals surface area contributed by atoms with Crippen molar-refractivity contribution in [3.8, 4) is 11.1 Å². The lowest BCUT2D eigenvalue weighted by Gasteiger charge is -2.03. The molecular formula is C15H15NO3S. The third-order valence-electron chi connectivity index (χ3n) is 2.86. The van der Waals surface area contributed by atoms with Crippen LogP contribution in [-0.2, 0) is 4.74 Å². The minimum Gasteiger partial charge on any atom is -0.464 e. The predicted molar refractivity (Wildman–Crippen MR) is 79.4 cm³/mol. The minimum atomic E-state index is -0.477. The number of aldehydes is 1. The Morgan fingerprint density at radius 3 is 2.60 bits per heavy atom. The van der Waals surface area contributed by atoms with E-state index in [1.54, 1.807) is 0 Å². The van der Waals surface area contributed by atoms with Crippen LogP contribution in [0.4, 0.5) is 0 Å². The molecule has 0 amide bonds. The van der Waals surface area contributed by atoms with Crippen molar-refractivity contribution >= 4 is 24.0 Å². The predicted octanol–water partition coefficient (Wildman–Crippen LogP) is 3.39. The lowest BCUT2D eigenvalue weighted by Crippen LogP contribution is -2.03. The summed E-state index contributed by atoms with van der Waals surface area (Å²) in [6.07, 6.45) is 0.781. The standard InChI is InChI=1S/C15H15NO3S/c1-3-20-14-11(9-17)12(10-7-5-4-6-8-10)13(16-14)15(18)19-2/h4-9,16H,3H2,1-2H3. The van der Waals surface area contributed by atoms with Crippen molar-refractivity contribution in [3.63, 3.8) is 0 Å². The summed E-state index contributed by atoms with van der Waals surface area (Å²) in [6, 6.07) is 9.34. The number of carbonyl (C=O) groups is 2. The number of hydrogen-bond donors (Lipinski definition) is 1. The van der Waals surface area contributed by atoms with Gasteiger partial charge < -0.3 is 9.72 Å². The first-order chi connectivity index (χ1) is 9.72. The van der Waals surface area contributed by atoms with Gasteiger partial charge in [0.05, 0.1) is 17.7 Å². The summed E-state index contributed by atoms with van der Waals surface area (Å²) < 4.78 is 4.79. The summed E-state index contributed by atoms with van der Waals surface area (Å²) in [7, 11) is 1.32. The van der Waals surface area contributed by atoms with Crippen LogP contribution in [-0.4, -0.2) is 30.1 Å². The fraction of sp³-hybridized carbons (Fsp3) is 0.200. The van der Waals surface area contributed by atoms with E-state index in [0.717, 1.165) is 17.6 Å². The largest absolute Gasteiger partial charge is 0.464 e. The molecule has 2 aromatic rings. The molecule has 0 bridgehead atoms. The monoisotopic (exact) mass is 289 g/mol. The zero-order chi connectivity index (χ0) is 14.5. The fourth-order valence-corrected chi connectivity index (χ4v) is 2.79. The van der Waals surface area contributed by atoms with Crippen LogP contribution in [0.1, 0.15) is 27.8 Å². The van der Waals surface area contributed by atoms with Crippen LogP contribution in [0.3, 0.4) is 0 Å². The maximum absolute atomic E-state index is 11.9. The summed E-state index contributed by atoms with van der Waals surface area (Å²) in [6.45, 7) is 1.99. The van der Waals surface area contributed by atoms with Crippen molar-refractivity contribution in [2.75, 3.05) is 12.9 Å². The quantitative estimate of drug-likeness (QED) is 0.520. The number of nitrogens with one attached hydrogen (secondary N) is 1. The molecule has 0 aliphatic heterocycles. The fourth-order valence-electron chi connectivity index (χ4n) is 2.02. The maximum atomic E-state index is 11.9. The van der Waals surface area contributed by atoms with Crippen molar-refractivity contribution in [3.05, 3.63) is 41.6 Å². The average molecular weight is 289 g/mol. The van der Waals surface area contributed by atoms with E-state index in [-0.39, 0.29) is 0 Å². The second-order valence-corrected chi connectivity index (χ2v) is 5.30. The zero-order valence-electron chi connectivity index (χ0n) is 11.3. The Morgan fingerprint density at radius 1 is 1.35 bits per heavy atom. The van der Waals surface area contributed by atoms with Gasteiger partial charge in [-0.25, -0.2) is 4.79 Å². The van der Waals surface area contributed by atoms with Gasteiger partial charge in [-0.2, -0.15) is 0 Å². The Labute approximate surface area is 121 Å². The van der Waals surface area contributed by atoms with Gasteiger partial charge in [0.25, 0.3) is 0 Å². The highest BCUT2D eigenvalue weighted by molar-refractivity contribution is 7.99. The highest BCUT2D eigenvalue weighted by Crippen LogP contribution is 2.34. The van der Waals surface area contributed by atoms with Gasteiger partial charge in [0.2, 0.25) is 0 Å². The molecule has 1 aromatic carbocycles. The number of H-pyrrole nitrogens is 1. The first-order valence-corrected chi connectivity index (χ1v) is 7.19. The third-order valence-corrected chi connectivity index (χ3v) is 3.76. The third kappa shape index (κ3) is 2.63. The molecule has 0 unspecified atom stereocenters. The number of aromatic nitrogens is 1. The average Bonchev–Trinajstić information content (AvgIpc) is 2.86. The molecule has 1 N–H and O–H groups in total. The number of rotatable bonds is 5. The van der Waals surface area contributed by atoms with Crippen LogP contribution in [0.5, 0.6) is 0 Å². The van der Waals surface area contributed by atoms with E-state index in [9.17, 15) is 9.59 Å². The van der Waals surface area contributed by atoms with Crippen LogP contribution < -0.4 is 0 Å². The van der Waals surface area contributed by atoms with Gasteiger partial charge in [0.1, 0.15) is 5.69 Å². The Morgan fingerprint density at radius 2 is 2.05 bits per heavy atom. The molecule has 0 aliphatic rings. The van der Waals surface area contributed by atoms with E-state index in [1.807, 2.05) is 37.3 Å². The summed E-state index contributed by atoms with van der Waals surface area (Å²) in [5.74, 6) is 0.325. The lowest BCUT2D eigenvalue weighted by atomic mass is 10.0. The molecule has 4 nitrogen and oxygen atoms in total. The van der Waals surface area contributed by atoms with Crippen LogP contribution in [0, 0.1) is 0 Å². The molecule has 1 heterocycles. The van der Waals surface area contributed by atoms with Gasteiger partial charge in [0.15, 0.2) is 6.29 Å². The highest BCUT2D eigenvalue weighted by atomic mass is 32.2. The molecule has 20 heavy (non-hydrogen) atoms. The van der Waals surface area contributed by atoms with E-state index < -0.39 is 5.97 Å². The summed E-state index contributed by atoms with van der Waals surface area (Å²) in [4.78, 5) is 26.4. The Kier molecular flexibility index (Phi) is 4.63.